The molecule has 0 atom stereocenters. The van der Waals surface area contributed by atoms with Crippen molar-refractivity contribution in [3.63, 3.8) is 0 Å². The van der Waals surface area contributed by atoms with Crippen LogP contribution in [-0.2, 0) is 11.7 Å². The summed E-state index contributed by atoms with van der Waals surface area (Å²) >= 11 is 0. The Morgan fingerprint density at radius 1 is 1.31 bits per heavy atom. The molecule has 0 aliphatic rings. The predicted octanol–water partition coefficient (Wildman–Crippen LogP) is 1.28. The smallest absolute Gasteiger partial charge is 0.337 e. The Kier molecular flexibility index (Phi) is 2.07. The van der Waals surface area contributed by atoms with Gasteiger partial charge in [0.25, 0.3) is 5.82 Å². The Bertz CT molecular complexity index is 270. The van der Waals surface area contributed by atoms with Gasteiger partial charge in [-0.25, -0.2) is 0 Å². The molecule has 13 heavy (non-hydrogen) atoms. The summed E-state index contributed by atoms with van der Waals surface area (Å²) < 4.78 is 40.2. The van der Waals surface area contributed by atoms with E-state index in [4.69, 9.17) is 5.73 Å². The van der Waals surface area contributed by atoms with Crippen LogP contribution in [0.25, 0.3) is 0 Å². The zero-order valence-corrected chi connectivity index (χ0v) is 7.01. The molecule has 4 nitrogen and oxygen atoms in total. The highest BCUT2D eigenvalue weighted by molar-refractivity contribution is 4.99. The Hall–Kier alpha value is -1.11. The van der Waals surface area contributed by atoms with Crippen LogP contribution in [0.3, 0.4) is 0 Å². The molecule has 0 aliphatic carbocycles. The molecule has 0 saturated carbocycles. The maximum absolute atomic E-state index is 12.0. The molecule has 0 spiro atoms. The molecule has 1 aromatic heterocycles. The van der Waals surface area contributed by atoms with Crippen molar-refractivity contribution in [2.24, 2.45) is 5.73 Å². The van der Waals surface area contributed by atoms with E-state index < -0.39 is 17.5 Å². The number of halogens is 3. The SMILES string of the molecule is CC(C)(N)c1nc(C(F)(F)F)no1. The minimum Gasteiger partial charge on any atom is -0.337 e. The van der Waals surface area contributed by atoms with E-state index in [1.54, 1.807) is 0 Å². The van der Waals surface area contributed by atoms with Crippen LogP contribution in [0.4, 0.5) is 13.2 Å². The lowest BCUT2D eigenvalue weighted by Gasteiger charge is -2.10. The van der Waals surface area contributed by atoms with Crippen LogP contribution < -0.4 is 5.73 Å². The Balaban J connectivity index is 3.01. The van der Waals surface area contributed by atoms with Crippen molar-refractivity contribution in [3.05, 3.63) is 11.7 Å². The Morgan fingerprint density at radius 2 is 1.85 bits per heavy atom. The molecule has 0 aromatic carbocycles. The zero-order valence-electron chi connectivity index (χ0n) is 7.01. The van der Waals surface area contributed by atoms with Crippen LogP contribution in [0.1, 0.15) is 25.6 Å². The van der Waals surface area contributed by atoms with Crippen molar-refractivity contribution in [2.75, 3.05) is 0 Å². The van der Waals surface area contributed by atoms with Gasteiger partial charge in [-0.05, 0) is 13.8 Å². The molecule has 0 bridgehead atoms. The molecule has 74 valence electrons. The summed E-state index contributed by atoms with van der Waals surface area (Å²) in [6.45, 7) is 2.95. The maximum atomic E-state index is 12.0. The van der Waals surface area contributed by atoms with Crippen molar-refractivity contribution in [1.29, 1.82) is 0 Å². The summed E-state index contributed by atoms with van der Waals surface area (Å²) in [5.41, 5.74) is 4.39. The third-order valence-corrected chi connectivity index (χ3v) is 1.23. The van der Waals surface area contributed by atoms with E-state index in [-0.39, 0.29) is 5.89 Å². The van der Waals surface area contributed by atoms with Gasteiger partial charge in [-0.2, -0.15) is 18.2 Å². The molecular formula is C6H8F3N3O. The van der Waals surface area contributed by atoms with Crippen LogP contribution in [0.2, 0.25) is 0 Å². The molecule has 0 saturated heterocycles. The van der Waals surface area contributed by atoms with E-state index in [9.17, 15) is 13.2 Å². The van der Waals surface area contributed by atoms with E-state index in [2.05, 4.69) is 14.7 Å². The minimum atomic E-state index is -4.59. The normalized spacial score (nSPS) is 13.4. The number of alkyl halides is 3. The molecule has 1 rings (SSSR count). The molecule has 1 heterocycles. The van der Waals surface area contributed by atoms with Gasteiger partial charge < -0.3 is 10.3 Å². The van der Waals surface area contributed by atoms with Gasteiger partial charge in [0, 0.05) is 0 Å². The minimum absolute atomic E-state index is 0.236. The fraction of sp³-hybridized carbons (Fsp3) is 0.667. The zero-order chi connectivity index (χ0) is 10.3. The quantitative estimate of drug-likeness (QED) is 0.733. The third-order valence-electron chi connectivity index (χ3n) is 1.23. The number of rotatable bonds is 1. The lowest BCUT2D eigenvalue weighted by molar-refractivity contribution is -0.146. The summed E-state index contributed by atoms with van der Waals surface area (Å²) in [6, 6.07) is 0. The fourth-order valence-corrected chi connectivity index (χ4v) is 0.600. The lowest BCUT2D eigenvalue weighted by Crippen LogP contribution is -2.29. The van der Waals surface area contributed by atoms with Gasteiger partial charge in [0.1, 0.15) is 0 Å². The average Bonchev–Trinajstić information content (AvgIpc) is 2.28. The summed E-state index contributed by atoms with van der Waals surface area (Å²) in [7, 11) is 0. The van der Waals surface area contributed by atoms with Gasteiger partial charge in [0.15, 0.2) is 0 Å². The molecule has 0 amide bonds. The predicted molar refractivity (Wildman–Crippen MR) is 36.5 cm³/mol. The van der Waals surface area contributed by atoms with Crippen LogP contribution in [0.5, 0.6) is 0 Å². The van der Waals surface area contributed by atoms with E-state index in [1.807, 2.05) is 0 Å². The van der Waals surface area contributed by atoms with Crippen molar-refractivity contribution >= 4 is 0 Å². The maximum Gasteiger partial charge on any atom is 0.455 e. The molecular weight excluding hydrogens is 187 g/mol. The topological polar surface area (TPSA) is 64.9 Å². The van der Waals surface area contributed by atoms with E-state index >= 15 is 0 Å². The molecule has 0 aliphatic heterocycles. The number of nitrogens with two attached hydrogens (primary N) is 1. The van der Waals surface area contributed by atoms with Gasteiger partial charge in [-0.15, -0.1) is 0 Å². The molecule has 0 fully saturated rings. The first-order chi connectivity index (χ1) is 5.71. The second-order valence-corrected chi connectivity index (χ2v) is 3.14. The highest BCUT2D eigenvalue weighted by atomic mass is 19.4. The standard InChI is InChI=1S/C6H8F3N3O/c1-5(2,10)4-11-3(12-13-4)6(7,8)9/h10H2,1-2H3. The highest BCUT2D eigenvalue weighted by Gasteiger charge is 2.38. The second-order valence-electron chi connectivity index (χ2n) is 3.14. The average molecular weight is 195 g/mol. The first-order valence-electron chi connectivity index (χ1n) is 3.41. The van der Waals surface area contributed by atoms with Crippen molar-refractivity contribution in [2.45, 2.75) is 25.6 Å². The van der Waals surface area contributed by atoms with Crippen LogP contribution in [0, 0.1) is 0 Å². The number of aromatic nitrogens is 2. The molecule has 2 N–H and O–H groups in total. The Morgan fingerprint density at radius 3 is 2.08 bits per heavy atom. The van der Waals surface area contributed by atoms with Gasteiger partial charge in [-0.1, -0.05) is 5.16 Å². The van der Waals surface area contributed by atoms with Gasteiger partial charge in [0.2, 0.25) is 5.89 Å². The summed E-state index contributed by atoms with van der Waals surface area (Å²) in [4.78, 5) is 3.12. The van der Waals surface area contributed by atoms with E-state index in [0.717, 1.165) is 0 Å². The van der Waals surface area contributed by atoms with Crippen LogP contribution in [0.15, 0.2) is 4.52 Å². The monoisotopic (exact) mass is 195 g/mol. The first-order valence-corrected chi connectivity index (χ1v) is 3.41. The number of hydrogen-bond acceptors (Lipinski definition) is 4. The largest absolute Gasteiger partial charge is 0.455 e. The third kappa shape index (κ3) is 2.18. The number of nitrogens with zero attached hydrogens (tertiary/aromatic N) is 2. The fourth-order valence-electron chi connectivity index (χ4n) is 0.600. The lowest BCUT2D eigenvalue weighted by atomic mass is 10.1. The molecule has 7 heteroatoms. The van der Waals surface area contributed by atoms with E-state index in [0.29, 0.717) is 0 Å². The van der Waals surface area contributed by atoms with Crippen molar-refractivity contribution in [3.8, 4) is 0 Å². The van der Waals surface area contributed by atoms with E-state index in [1.165, 1.54) is 13.8 Å². The summed E-state index contributed by atoms with van der Waals surface area (Å²) in [5.74, 6) is -1.54. The highest BCUT2D eigenvalue weighted by Crippen LogP contribution is 2.27. The Labute approximate surface area is 71.9 Å². The van der Waals surface area contributed by atoms with Crippen molar-refractivity contribution < 1.29 is 17.7 Å². The molecule has 0 unspecified atom stereocenters. The van der Waals surface area contributed by atoms with Gasteiger partial charge >= 0.3 is 6.18 Å². The van der Waals surface area contributed by atoms with Crippen LogP contribution >= 0.6 is 0 Å². The first kappa shape index (κ1) is 9.97. The van der Waals surface area contributed by atoms with Crippen LogP contribution in [-0.4, -0.2) is 10.1 Å². The number of hydrogen-bond donors (Lipinski definition) is 1. The second kappa shape index (κ2) is 2.69. The summed E-state index contributed by atoms with van der Waals surface area (Å²) in [6.07, 6.45) is -4.59. The summed E-state index contributed by atoms with van der Waals surface area (Å²) in [5, 5.41) is 2.76. The van der Waals surface area contributed by atoms with Gasteiger partial charge in [-0.3, -0.25) is 0 Å². The molecule has 1 aromatic rings. The molecule has 0 radical (unpaired) electrons. The van der Waals surface area contributed by atoms with Crippen molar-refractivity contribution in [1.82, 2.24) is 10.1 Å². The van der Waals surface area contributed by atoms with Gasteiger partial charge in [0.05, 0.1) is 5.54 Å².